The molecule has 0 unspecified atom stereocenters. The molecule has 122 valence electrons. The lowest BCUT2D eigenvalue weighted by Crippen LogP contribution is -2.27. The third-order valence-electron chi connectivity index (χ3n) is 3.87. The highest BCUT2D eigenvalue weighted by atomic mass is 16.5. The third-order valence-corrected chi connectivity index (χ3v) is 3.87. The molecule has 0 heterocycles. The van der Waals surface area contributed by atoms with Crippen LogP contribution in [-0.4, -0.2) is 20.1 Å². The topological polar surface area (TPSA) is 47.6 Å². The quantitative estimate of drug-likeness (QED) is 0.913. The number of carbonyl (C=O) groups excluding carboxylic acids is 1. The maximum absolute atomic E-state index is 12.5. The zero-order valence-corrected chi connectivity index (χ0v) is 14.3. The van der Waals surface area contributed by atoms with E-state index in [1.165, 1.54) is 0 Å². The molecule has 0 radical (unpaired) electrons. The van der Waals surface area contributed by atoms with Gasteiger partial charge in [0, 0.05) is 11.1 Å². The van der Waals surface area contributed by atoms with E-state index in [1.54, 1.807) is 26.4 Å². The molecule has 23 heavy (non-hydrogen) atoms. The Morgan fingerprint density at radius 3 is 2.35 bits per heavy atom. The van der Waals surface area contributed by atoms with Gasteiger partial charge in [-0.2, -0.15) is 0 Å². The van der Waals surface area contributed by atoms with Crippen LogP contribution in [0.4, 0.5) is 0 Å². The molecule has 1 atom stereocenters. The minimum Gasteiger partial charge on any atom is -0.496 e. The first kappa shape index (κ1) is 16.9. The largest absolute Gasteiger partial charge is 0.496 e. The maximum Gasteiger partial charge on any atom is 0.251 e. The summed E-state index contributed by atoms with van der Waals surface area (Å²) in [5.41, 5.74) is 3.65. The smallest absolute Gasteiger partial charge is 0.251 e. The molecule has 0 saturated heterocycles. The molecule has 0 aliphatic carbocycles. The lowest BCUT2D eigenvalue weighted by Gasteiger charge is -2.18. The van der Waals surface area contributed by atoms with Crippen molar-refractivity contribution in [1.82, 2.24) is 5.32 Å². The molecule has 4 nitrogen and oxygen atoms in total. The van der Waals surface area contributed by atoms with Gasteiger partial charge in [0.15, 0.2) is 0 Å². The molecule has 1 N–H and O–H groups in total. The Labute approximate surface area is 137 Å². The lowest BCUT2D eigenvalue weighted by atomic mass is 10.0. The first-order chi connectivity index (χ1) is 11.0. The highest BCUT2D eigenvalue weighted by molar-refractivity contribution is 5.95. The molecule has 0 bridgehead atoms. The number of nitrogens with one attached hydrogen (secondary N) is 1. The zero-order chi connectivity index (χ0) is 17.0. The Morgan fingerprint density at radius 1 is 1.00 bits per heavy atom. The molecule has 0 spiro atoms. The first-order valence-electron chi connectivity index (χ1n) is 7.56. The standard InChI is InChI=1S/C19H23NO3/c1-12-6-9-17(22-4)16(10-12)14(3)20-19(21)15-8-7-13(2)18(11-15)23-5/h6-11,14H,1-5H3,(H,20,21)/t14-/m1/s1. The van der Waals surface area contributed by atoms with Gasteiger partial charge in [-0.05, 0) is 44.5 Å². The average Bonchev–Trinajstić information content (AvgIpc) is 2.55. The molecule has 0 aliphatic rings. The second kappa shape index (κ2) is 7.18. The minimum absolute atomic E-state index is 0.139. The van der Waals surface area contributed by atoms with Crippen LogP contribution < -0.4 is 14.8 Å². The van der Waals surface area contributed by atoms with Crippen molar-refractivity contribution in [2.45, 2.75) is 26.8 Å². The molecule has 0 saturated carbocycles. The summed E-state index contributed by atoms with van der Waals surface area (Å²) in [6.07, 6.45) is 0. The summed E-state index contributed by atoms with van der Waals surface area (Å²) in [4.78, 5) is 12.5. The van der Waals surface area contributed by atoms with Gasteiger partial charge in [0.05, 0.1) is 20.3 Å². The number of methoxy groups -OCH3 is 2. The fraction of sp³-hybridized carbons (Fsp3) is 0.316. The van der Waals surface area contributed by atoms with Gasteiger partial charge < -0.3 is 14.8 Å². The SMILES string of the molecule is COc1cc(C(=O)N[C@H](C)c2cc(C)ccc2OC)ccc1C. The van der Waals surface area contributed by atoms with E-state index < -0.39 is 0 Å². The summed E-state index contributed by atoms with van der Waals surface area (Å²) in [5, 5.41) is 3.01. The first-order valence-corrected chi connectivity index (χ1v) is 7.56. The number of amides is 1. The number of hydrogen-bond donors (Lipinski definition) is 1. The highest BCUT2D eigenvalue weighted by Crippen LogP contribution is 2.26. The molecule has 0 aliphatic heterocycles. The summed E-state index contributed by atoms with van der Waals surface area (Å²) in [6, 6.07) is 11.2. The van der Waals surface area contributed by atoms with Crippen molar-refractivity contribution in [3.63, 3.8) is 0 Å². The van der Waals surface area contributed by atoms with Crippen LogP contribution in [-0.2, 0) is 0 Å². The van der Waals surface area contributed by atoms with Crippen LogP contribution in [0.15, 0.2) is 36.4 Å². The molecule has 2 aromatic rings. The van der Waals surface area contributed by atoms with Gasteiger partial charge in [0.2, 0.25) is 0 Å². The Kier molecular flexibility index (Phi) is 5.27. The molecular weight excluding hydrogens is 290 g/mol. The van der Waals surface area contributed by atoms with Crippen LogP contribution in [0.2, 0.25) is 0 Å². The van der Waals surface area contributed by atoms with Crippen molar-refractivity contribution in [2.75, 3.05) is 14.2 Å². The van der Waals surface area contributed by atoms with Crippen LogP contribution in [0, 0.1) is 13.8 Å². The molecule has 2 rings (SSSR count). The van der Waals surface area contributed by atoms with Crippen molar-refractivity contribution in [3.05, 3.63) is 58.7 Å². The van der Waals surface area contributed by atoms with Gasteiger partial charge in [-0.25, -0.2) is 0 Å². The Morgan fingerprint density at radius 2 is 1.70 bits per heavy atom. The lowest BCUT2D eigenvalue weighted by molar-refractivity contribution is 0.0939. The van der Waals surface area contributed by atoms with E-state index in [9.17, 15) is 4.79 Å². The molecule has 0 aromatic heterocycles. The van der Waals surface area contributed by atoms with Gasteiger partial charge in [-0.3, -0.25) is 4.79 Å². The van der Waals surface area contributed by atoms with E-state index in [-0.39, 0.29) is 11.9 Å². The molecule has 4 heteroatoms. The number of hydrogen-bond acceptors (Lipinski definition) is 3. The van der Waals surface area contributed by atoms with Gasteiger partial charge in [-0.1, -0.05) is 23.8 Å². The van der Waals surface area contributed by atoms with Crippen LogP contribution in [0.1, 0.15) is 40.0 Å². The van der Waals surface area contributed by atoms with E-state index in [2.05, 4.69) is 5.32 Å². The number of rotatable bonds is 5. The van der Waals surface area contributed by atoms with Crippen molar-refractivity contribution in [1.29, 1.82) is 0 Å². The van der Waals surface area contributed by atoms with Crippen molar-refractivity contribution >= 4 is 5.91 Å². The second-order valence-electron chi connectivity index (χ2n) is 5.62. The summed E-state index contributed by atoms with van der Waals surface area (Å²) in [6.45, 7) is 5.91. The van der Waals surface area contributed by atoms with Gasteiger partial charge in [-0.15, -0.1) is 0 Å². The number of carbonyl (C=O) groups is 1. The molecular formula is C19H23NO3. The minimum atomic E-state index is -0.162. The Balaban J connectivity index is 2.21. The monoisotopic (exact) mass is 313 g/mol. The zero-order valence-electron chi connectivity index (χ0n) is 14.3. The van der Waals surface area contributed by atoms with Gasteiger partial charge in [0.1, 0.15) is 11.5 Å². The van der Waals surface area contributed by atoms with Crippen LogP contribution in [0.25, 0.3) is 0 Å². The molecule has 0 fully saturated rings. The van der Waals surface area contributed by atoms with Crippen molar-refractivity contribution in [3.8, 4) is 11.5 Å². The second-order valence-corrected chi connectivity index (χ2v) is 5.62. The molecule has 1 amide bonds. The van der Waals surface area contributed by atoms with Gasteiger partial charge >= 0.3 is 0 Å². The van der Waals surface area contributed by atoms with Crippen LogP contribution in [0.3, 0.4) is 0 Å². The fourth-order valence-electron chi connectivity index (χ4n) is 2.51. The Hall–Kier alpha value is -2.49. The normalized spacial score (nSPS) is 11.7. The summed E-state index contributed by atoms with van der Waals surface area (Å²) in [5.74, 6) is 1.34. The number of ether oxygens (including phenoxy) is 2. The number of aryl methyl sites for hydroxylation is 2. The third kappa shape index (κ3) is 3.83. The highest BCUT2D eigenvalue weighted by Gasteiger charge is 2.16. The van der Waals surface area contributed by atoms with Crippen molar-refractivity contribution in [2.24, 2.45) is 0 Å². The van der Waals surface area contributed by atoms with Gasteiger partial charge in [0.25, 0.3) is 5.91 Å². The summed E-state index contributed by atoms with van der Waals surface area (Å²) >= 11 is 0. The summed E-state index contributed by atoms with van der Waals surface area (Å²) in [7, 11) is 3.23. The van der Waals surface area contributed by atoms with E-state index in [1.807, 2.05) is 45.0 Å². The van der Waals surface area contributed by atoms with E-state index >= 15 is 0 Å². The predicted octanol–water partition coefficient (Wildman–Crippen LogP) is 3.81. The van der Waals surface area contributed by atoms with E-state index in [0.717, 1.165) is 22.4 Å². The summed E-state index contributed by atoms with van der Waals surface area (Å²) < 4.78 is 10.7. The number of benzene rings is 2. The fourth-order valence-corrected chi connectivity index (χ4v) is 2.51. The van der Waals surface area contributed by atoms with Crippen LogP contribution >= 0.6 is 0 Å². The average molecular weight is 313 g/mol. The van der Waals surface area contributed by atoms with Crippen LogP contribution in [0.5, 0.6) is 11.5 Å². The van der Waals surface area contributed by atoms with E-state index in [0.29, 0.717) is 11.3 Å². The molecule has 2 aromatic carbocycles. The Bertz CT molecular complexity index is 710. The predicted molar refractivity (Wildman–Crippen MR) is 91.3 cm³/mol. The maximum atomic E-state index is 12.5. The van der Waals surface area contributed by atoms with E-state index in [4.69, 9.17) is 9.47 Å². The van der Waals surface area contributed by atoms with Crippen molar-refractivity contribution < 1.29 is 14.3 Å².